The molecule has 2 nitrogen and oxygen atoms in total. The maximum Gasteiger partial charge on any atom is 0.145 e. The van der Waals surface area contributed by atoms with Crippen molar-refractivity contribution in [2.45, 2.75) is 0 Å². The van der Waals surface area contributed by atoms with E-state index in [4.69, 9.17) is 24.2 Å². The molecule has 0 saturated carbocycles. The molecule has 1 heterocycles. The molecule has 0 amide bonds. The van der Waals surface area contributed by atoms with Gasteiger partial charge in [-0.1, -0.05) is 169 Å². The lowest BCUT2D eigenvalue weighted by molar-refractivity contribution is 1.10. The Morgan fingerprint density at radius 2 is 0.887 bits per heavy atom. The molecule has 2 heteroatoms. The summed E-state index contributed by atoms with van der Waals surface area (Å²) >= 11 is 0. The average molecular weight is 693 g/mol. The summed E-state index contributed by atoms with van der Waals surface area (Å²) in [6.07, 6.45) is 0. The van der Waals surface area contributed by atoms with Crippen LogP contribution in [0.1, 0.15) is 24.7 Å². The monoisotopic (exact) mass is 692 g/mol. The van der Waals surface area contributed by atoms with Crippen LogP contribution in [-0.4, -0.2) is 9.55 Å². The van der Waals surface area contributed by atoms with Crippen molar-refractivity contribution in [2.24, 2.45) is 0 Å². The molecule has 248 valence electrons. The lowest BCUT2D eigenvalue weighted by Gasteiger charge is -2.21. The number of aromatic nitrogens is 2. The van der Waals surface area contributed by atoms with Crippen LogP contribution in [0.25, 0.3) is 94.2 Å². The SMILES string of the molecule is [2H]c1c([2H])c([2H])c(-c2cc(-c3c([2H])c([2H])c([2H])c([2H])c3[2H])cc(-c3c4c([2H])c([2H])c([2H])c([2H])c4c(-c4ccccc4-n4c(-c5ccccc5)nc5ccccc54)c4c([2H])c([2H])c([2H])c([2H])c34)c2)c([2H])c1[2H]. The Labute approximate surface area is 334 Å². The van der Waals surface area contributed by atoms with Crippen LogP contribution in [0, 0.1) is 0 Å². The molecule has 0 radical (unpaired) electrons. The van der Waals surface area contributed by atoms with E-state index in [0.29, 0.717) is 22.5 Å². The lowest BCUT2D eigenvalue weighted by Crippen LogP contribution is -2.01. The Bertz CT molecular complexity index is 3750. The minimum Gasteiger partial charge on any atom is -0.292 e. The normalized spacial score (nSPS) is 16.2. The van der Waals surface area contributed by atoms with Gasteiger partial charge in [-0.2, -0.15) is 0 Å². The summed E-state index contributed by atoms with van der Waals surface area (Å²) in [5.41, 5.74) is 1.41. The molecule has 0 N–H and O–H groups in total. The summed E-state index contributed by atoms with van der Waals surface area (Å²) in [6, 6.07) is 15.5. The number of para-hydroxylation sites is 3. The van der Waals surface area contributed by atoms with Crippen LogP contribution in [0.15, 0.2) is 206 Å². The molecule has 9 aromatic carbocycles. The van der Waals surface area contributed by atoms with E-state index in [2.05, 4.69) is 0 Å². The standard InChI is InChI=1S/C51H34N2/c1-4-18-35(19-5-1)38-32-39(36-20-6-2-7-21-36)34-40(33-38)49-41-24-10-12-26-43(41)50(44-27-13-11-25-42(44)49)45-28-14-16-30-47(45)53-48-31-17-15-29-46(48)52-51(53)37-22-8-3-9-23-37/h1-34H/i1D,2D,4D,5D,6D,7D,10D,11D,12D,13D,18D,19D,20D,21D,24D,25D,26D,27D. The van der Waals surface area contributed by atoms with Crippen molar-refractivity contribution in [3.05, 3.63) is 206 Å². The number of hydrogen-bond donors (Lipinski definition) is 0. The second-order valence-corrected chi connectivity index (χ2v) is 12.2. The third-order valence-corrected chi connectivity index (χ3v) is 9.18. The van der Waals surface area contributed by atoms with Gasteiger partial charge in [-0.15, -0.1) is 0 Å². The molecule has 1 aromatic heterocycles. The first-order valence-corrected chi connectivity index (χ1v) is 16.7. The minimum absolute atomic E-state index is 0.0118. The van der Waals surface area contributed by atoms with Gasteiger partial charge in [0, 0.05) is 11.1 Å². The first-order chi connectivity index (χ1) is 33.8. The summed E-state index contributed by atoms with van der Waals surface area (Å²) in [6.45, 7) is 0. The van der Waals surface area contributed by atoms with Gasteiger partial charge in [0.2, 0.25) is 0 Å². The summed E-state index contributed by atoms with van der Waals surface area (Å²) in [4.78, 5) is 5.01. The zero-order chi connectivity index (χ0) is 50.8. The molecule has 0 fully saturated rings. The predicted molar refractivity (Wildman–Crippen MR) is 223 cm³/mol. The molecular formula is C51H34N2. The predicted octanol–water partition coefficient (Wildman–Crippen LogP) is 13.7. The van der Waals surface area contributed by atoms with Gasteiger partial charge in [0.05, 0.1) is 41.4 Å². The van der Waals surface area contributed by atoms with E-state index in [0.717, 1.165) is 5.56 Å². The van der Waals surface area contributed by atoms with Crippen LogP contribution in [0.4, 0.5) is 0 Å². The third kappa shape index (κ3) is 5.32. The van der Waals surface area contributed by atoms with Crippen LogP contribution >= 0.6 is 0 Å². The molecule has 0 aliphatic carbocycles. The summed E-state index contributed by atoms with van der Waals surface area (Å²) in [5.74, 6) is 0.498. The van der Waals surface area contributed by atoms with Gasteiger partial charge in [-0.25, -0.2) is 4.98 Å². The third-order valence-electron chi connectivity index (χ3n) is 9.18. The van der Waals surface area contributed by atoms with Gasteiger partial charge in [-0.3, -0.25) is 4.57 Å². The van der Waals surface area contributed by atoms with Crippen molar-refractivity contribution in [2.75, 3.05) is 0 Å². The van der Waals surface area contributed by atoms with E-state index >= 15 is 0 Å². The van der Waals surface area contributed by atoms with Crippen molar-refractivity contribution < 1.29 is 24.7 Å². The van der Waals surface area contributed by atoms with Crippen molar-refractivity contribution >= 4 is 32.6 Å². The Balaban J connectivity index is 1.45. The van der Waals surface area contributed by atoms with Crippen molar-refractivity contribution in [3.8, 4) is 61.6 Å². The van der Waals surface area contributed by atoms with Crippen molar-refractivity contribution in [1.82, 2.24) is 9.55 Å². The van der Waals surface area contributed by atoms with Crippen LogP contribution in [0.2, 0.25) is 0 Å². The number of nitrogens with zero attached hydrogens (tertiary/aromatic N) is 2. The van der Waals surface area contributed by atoms with E-state index in [1.54, 1.807) is 24.3 Å². The molecule has 0 bridgehead atoms. The lowest BCUT2D eigenvalue weighted by atomic mass is 9.84. The fourth-order valence-corrected chi connectivity index (χ4v) is 6.96. The molecule has 0 unspecified atom stereocenters. The van der Waals surface area contributed by atoms with E-state index < -0.39 is 109 Å². The number of imidazole rings is 1. The van der Waals surface area contributed by atoms with E-state index in [1.165, 1.54) is 18.2 Å². The van der Waals surface area contributed by atoms with Crippen molar-refractivity contribution in [3.63, 3.8) is 0 Å². The molecule has 0 spiro atoms. The first kappa shape index (κ1) is 17.5. The van der Waals surface area contributed by atoms with E-state index in [9.17, 15) is 5.48 Å². The molecule has 0 aliphatic rings. The second kappa shape index (κ2) is 12.9. The van der Waals surface area contributed by atoms with Crippen LogP contribution in [0.3, 0.4) is 0 Å². The van der Waals surface area contributed by atoms with Gasteiger partial charge >= 0.3 is 0 Å². The van der Waals surface area contributed by atoms with Crippen LogP contribution in [0.5, 0.6) is 0 Å². The van der Waals surface area contributed by atoms with Crippen molar-refractivity contribution in [1.29, 1.82) is 0 Å². The highest BCUT2D eigenvalue weighted by atomic mass is 15.1. The number of hydrogen-bond acceptors (Lipinski definition) is 1. The zero-order valence-corrected chi connectivity index (χ0v) is 27.6. The molecule has 0 saturated heterocycles. The summed E-state index contributed by atoms with van der Waals surface area (Å²) in [7, 11) is 0. The smallest absolute Gasteiger partial charge is 0.145 e. The fraction of sp³-hybridized carbons (Fsp3) is 0. The summed E-state index contributed by atoms with van der Waals surface area (Å²) in [5, 5.41) is -0.803. The van der Waals surface area contributed by atoms with Crippen LogP contribution in [-0.2, 0) is 0 Å². The largest absolute Gasteiger partial charge is 0.292 e. The molecule has 53 heavy (non-hydrogen) atoms. The first-order valence-electron chi connectivity index (χ1n) is 25.7. The van der Waals surface area contributed by atoms with Gasteiger partial charge in [0.15, 0.2) is 0 Å². The van der Waals surface area contributed by atoms with E-state index in [1.807, 2.05) is 59.2 Å². The highest BCUT2D eigenvalue weighted by molar-refractivity contribution is 6.22. The molecule has 10 aromatic rings. The second-order valence-electron chi connectivity index (χ2n) is 12.2. The Hall–Kier alpha value is -7.03. The highest BCUT2D eigenvalue weighted by Crippen LogP contribution is 2.47. The summed E-state index contributed by atoms with van der Waals surface area (Å²) < 4.78 is 164. The zero-order valence-electron chi connectivity index (χ0n) is 45.6. The fourth-order valence-electron chi connectivity index (χ4n) is 6.96. The molecular weight excluding hydrogens is 641 g/mol. The van der Waals surface area contributed by atoms with Gasteiger partial charge < -0.3 is 0 Å². The minimum atomic E-state index is -0.709. The van der Waals surface area contributed by atoms with Gasteiger partial charge in [0.1, 0.15) is 5.82 Å². The molecule has 10 rings (SSSR count). The molecule has 0 aliphatic heterocycles. The maximum atomic E-state index is 9.70. The number of rotatable bonds is 6. The maximum absolute atomic E-state index is 9.70. The Morgan fingerprint density at radius 3 is 1.51 bits per heavy atom. The van der Waals surface area contributed by atoms with Gasteiger partial charge in [-0.05, 0) is 96.9 Å². The number of benzene rings is 9. The van der Waals surface area contributed by atoms with Crippen LogP contribution < -0.4 is 0 Å². The Morgan fingerprint density at radius 1 is 0.396 bits per heavy atom. The highest BCUT2D eigenvalue weighted by Gasteiger charge is 2.22. The number of fused-ring (bicyclic) bond motifs is 3. The molecule has 0 atom stereocenters. The quantitative estimate of drug-likeness (QED) is 0.159. The van der Waals surface area contributed by atoms with Gasteiger partial charge in [0.25, 0.3) is 0 Å². The Kier molecular flexibility index (Phi) is 4.26. The topological polar surface area (TPSA) is 17.8 Å². The average Bonchev–Trinajstić information content (AvgIpc) is 3.77. The van der Waals surface area contributed by atoms with E-state index in [-0.39, 0.29) is 66.1 Å².